The van der Waals surface area contributed by atoms with Crippen molar-refractivity contribution in [2.45, 2.75) is 31.7 Å². The summed E-state index contributed by atoms with van der Waals surface area (Å²) in [5.41, 5.74) is 0.457. The van der Waals surface area contributed by atoms with Crippen molar-refractivity contribution in [3.63, 3.8) is 0 Å². The van der Waals surface area contributed by atoms with Gasteiger partial charge in [-0.25, -0.2) is 4.98 Å². The van der Waals surface area contributed by atoms with Gasteiger partial charge in [-0.05, 0) is 44.8 Å². The van der Waals surface area contributed by atoms with Crippen LogP contribution in [0.4, 0.5) is 0 Å². The van der Waals surface area contributed by atoms with E-state index in [1.54, 1.807) is 6.07 Å². The molecule has 4 nitrogen and oxygen atoms in total. The molecule has 2 aliphatic rings. The number of amides is 1. The summed E-state index contributed by atoms with van der Waals surface area (Å²) in [6, 6.07) is 2.05. The van der Waals surface area contributed by atoms with Crippen molar-refractivity contribution < 1.29 is 4.79 Å². The molecule has 2 saturated heterocycles. The second kappa shape index (κ2) is 6.51. The average Bonchev–Trinajstić information content (AvgIpc) is 3.03. The smallest absolute Gasteiger partial charge is 0.255 e. The minimum absolute atomic E-state index is 0.0341. The van der Waals surface area contributed by atoms with Crippen LogP contribution in [0, 0.1) is 0 Å². The van der Waals surface area contributed by atoms with Crippen molar-refractivity contribution in [3.8, 4) is 0 Å². The van der Waals surface area contributed by atoms with Gasteiger partial charge in [0, 0.05) is 25.3 Å². The van der Waals surface area contributed by atoms with E-state index in [0.717, 1.165) is 32.6 Å². The molecule has 1 aromatic rings. The largest absolute Gasteiger partial charge is 0.337 e. The molecule has 0 aromatic carbocycles. The van der Waals surface area contributed by atoms with E-state index in [0.29, 0.717) is 21.8 Å². The molecule has 21 heavy (non-hydrogen) atoms. The number of aromatic nitrogens is 1. The first kappa shape index (κ1) is 15.1. The molecule has 1 aromatic heterocycles. The quantitative estimate of drug-likeness (QED) is 0.783. The predicted molar refractivity (Wildman–Crippen MR) is 84.0 cm³/mol. The molecule has 6 heteroatoms. The van der Waals surface area contributed by atoms with Gasteiger partial charge >= 0.3 is 0 Å². The topological polar surface area (TPSA) is 36.4 Å². The fraction of sp³-hybridized carbons (Fsp3) is 0.600. The summed E-state index contributed by atoms with van der Waals surface area (Å²) < 4.78 is 0. The van der Waals surface area contributed by atoms with E-state index >= 15 is 0 Å². The minimum Gasteiger partial charge on any atom is -0.337 e. The molecular formula is C15H19Cl2N3O. The van der Waals surface area contributed by atoms with Crippen LogP contribution in [-0.2, 0) is 0 Å². The maximum absolute atomic E-state index is 12.7. The number of hydrogen-bond donors (Lipinski definition) is 0. The van der Waals surface area contributed by atoms with E-state index in [1.807, 2.05) is 4.90 Å². The number of carbonyl (C=O) groups is 1. The van der Waals surface area contributed by atoms with Crippen LogP contribution in [0.5, 0.6) is 0 Å². The highest BCUT2D eigenvalue weighted by atomic mass is 35.5. The van der Waals surface area contributed by atoms with E-state index in [-0.39, 0.29) is 5.91 Å². The van der Waals surface area contributed by atoms with Crippen molar-refractivity contribution in [1.82, 2.24) is 14.8 Å². The Bertz CT molecular complexity index is 532. The lowest BCUT2D eigenvalue weighted by atomic mass is 10.0. The summed E-state index contributed by atoms with van der Waals surface area (Å²) in [5, 5.41) is 0.670. The minimum atomic E-state index is -0.0341. The summed E-state index contributed by atoms with van der Waals surface area (Å²) >= 11 is 12.0. The number of rotatable bonds is 2. The molecule has 0 radical (unpaired) electrons. The average molecular weight is 328 g/mol. The van der Waals surface area contributed by atoms with Crippen molar-refractivity contribution >= 4 is 29.1 Å². The fourth-order valence-corrected chi connectivity index (χ4v) is 3.63. The molecule has 0 spiro atoms. The predicted octanol–water partition coefficient (Wildman–Crippen LogP) is 3.09. The molecule has 2 aliphatic heterocycles. The zero-order chi connectivity index (χ0) is 14.8. The van der Waals surface area contributed by atoms with Crippen LogP contribution >= 0.6 is 23.2 Å². The Morgan fingerprint density at radius 1 is 1.19 bits per heavy atom. The van der Waals surface area contributed by atoms with Gasteiger partial charge in [0.05, 0.1) is 10.6 Å². The van der Waals surface area contributed by atoms with Crippen LogP contribution in [0.25, 0.3) is 0 Å². The summed E-state index contributed by atoms with van der Waals surface area (Å²) in [6.45, 7) is 3.90. The number of hydrogen-bond acceptors (Lipinski definition) is 3. The zero-order valence-corrected chi connectivity index (χ0v) is 13.4. The first-order valence-corrected chi connectivity index (χ1v) is 8.25. The molecule has 1 unspecified atom stereocenters. The normalized spacial score (nSPS) is 23.5. The lowest BCUT2D eigenvalue weighted by Gasteiger charge is -2.37. The van der Waals surface area contributed by atoms with Crippen molar-refractivity contribution in [1.29, 1.82) is 0 Å². The second-order valence-corrected chi connectivity index (χ2v) is 6.57. The van der Waals surface area contributed by atoms with Gasteiger partial charge in [-0.3, -0.25) is 9.69 Å². The molecule has 1 amide bonds. The van der Waals surface area contributed by atoms with Crippen LogP contribution in [0.1, 0.15) is 36.0 Å². The van der Waals surface area contributed by atoms with Gasteiger partial charge in [-0.1, -0.05) is 23.2 Å². The van der Waals surface area contributed by atoms with Gasteiger partial charge in [0.25, 0.3) is 5.91 Å². The Labute approximate surface area is 135 Å². The number of likely N-dealkylation sites (tertiary alicyclic amines) is 2. The maximum Gasteiger partial charge on any atom is 0.255 e. The number of piperidine rings is 1. The van der Waals surface area contributed by atoms with Crippen molar-refractivity contribution in [2.24, 2.45) is 0 Å². The Morgan fingerprint density at radius 2 is 1.95 bits per heavy atom. The van der Waals surface area contributed by atoms with Gasteiger partial charge in [-0.2, -0.15) is 0 Å². The van der Waals surface area contributed by atoms with Gasteiger partial charge < -0.3 is 4.90 Å². The highest BCUT2D eigenvalue weighted by Crippen LogP contribution is 2.24. The van der Waals surface area contributed by atoms with Crippen molar-refractivity contribution in [3.05, 3.63) is 28.0 Å². The summed E-state index contributed by atoms with van der Waals surface area (Å²) in [7, 11) is 0. The van der Waals surface area contributed by atoms with Crippen LogP contribution < -0.4 is 0 Å². The number of carbonyl (C=O) groups excluding carboxylic acids is 1. The highest BCUT2D eigenvalue weighted by molar-refractivity contribution is 6.35. The molecule has 0 aliphatic carbocycles. The third-order valence-corrected chi connectivity index (χ3v) is 4.90. The van der Waals surface area contributed by atoms with Crippen molar-refractivity contribution in [2.75, 3.05) is 26.2 Å². The molecule has 0 N–H and O–H groups in total. The van der Waals surface area contributed by atoms with Gasteiger partial charge in [-0.15, -0.1) is 0 Å². The Morgan fingerprint density at radius 3 is 2.71 bits per heavy atom. The summed E-state index contributed by atoms with van der Waals surface area (Å²) in [5.74, 6) is -0.0341. The molecule has 2 fully saturated rings. The number of halogens is 2. The zero-order valence-electron chi connectivity index (χ0n) is 11.9. The monoisotopic (exact) mass is 327 g/mol. The van der Waals surface area contributed by atoms with E-state index < -0.39 is 0 Å². The van der Waals surface area contributed by atoms with Gasteiger partial charge in [0.1, 0.15) is 5.15 Å². The van der Waals surface area contributed by atoms with Crippen LogP contribution in [0.2, 0.25) is 10.2 Å². The molecular weight excluding hydrogens is 309 g/mol. The highest BCUT2D eigenvalue weighted by Gasteiger charge is 2.30. The maximum atomic E-state index is 12.7. The Balaban J connectivity index is 1.73. The SMILES string of the molecule is O=C(c1cc(Cl)ncc1Cl)N1CCCC(N2CCCC2)C1. The van der Waals surface area contributed by atoms with E-state index in [2.05, 4.69) is 9.88 Å². The Hall–Kier alpha value is -0.840. The molecule has 3 rings (SSSR count). The number of nitrogens with zero attached hydrogens (tertiary/aromatic N) is 3. The van der Waals surface area contributed by atoms with Crippen LogP contribution in [-0.4, -0.2) is 52.9 Å². The summed E-state index contributed by atoms with van der Waals surface area (Å²) in [4.78, 5) is 21.0. The fourth-order valence-electron chi connectivity index (χ4n) is 3.29. The van der Waals surface area contributed by atoms with E-state index in [4.69, 9.17) is 23.2 Å². The molecule has 1 atom stereocenters. The first-order valence-electron chi connectivity index (χ1n) is 7.49. The third kappa shape index (κ3) is 3.33. The molecule has 114 valence electrons. The molecule has 0 saturated carbocycles. The van der Waals surface area contributed by atoms with Gasteiger partial charge in [0.2, 0.25) is 0 Å². The Kier molecular flexibility index (Phi) is 4.67. The first-order chi connectivity index (χ1) is 10.1. The van der Waals surface area contributed by atoms with Crippen LogP contribution in [0.3, 0.4) is 0 Å². The van der Waals surface area contributed by atoms with E-state index in [9.17, 15) is 4.79 Å². The third-order valence-electron chi connectivity index (χ3n) is 4.39. The van der Waals surface area contributed by atoms with E-state index in [1.165, 1.54) is 25.5 Å². The number of pyridine rings is 1. The lowest BCUT2D eigenvalue weighted by Crippen LogP contribution is -2.49. The molecule has 3 heterocycles. The summed E-state index contributed by atoms with van der Waals surface area (Å²) in [6.07, 6.45) is 6.21. The standard InChI is InChI=1S/C15H19Cl2N3O/c16-13-9-18-14(17)8-12(13)15(21)20-7-3-4-11(10-20)19-5-1-2-6-19/h8-9,11H,1-7,10H2. The molecule has 0 bridgehead atoms. The second-order valence-electron chi connectivity index (χ2n) is 5.78. The van der Waals surface area contributed by atoms with Gasteiger partial charge in [0.15, 0.2) is 0 Å². The lowest BCUT2D eigenvalue weighted by molar-refractivity contribution is 0.0608. The van der Waals surface area contributed by atoms with Crippen LogP contribution in [0.15, 0.2) is 12.3 Å².